The SMILES string of the molecule is COc1ccc(C2NC(=O)N(CCc3ccccc3)C(C)=C2c2nc(-c3cccc(F)c3)no2)cc1. The summed E-state index contributed by atoms with van der Waals surface area (Å²) < 4.78 is 24.7. The van der Waals surface area contributed by atoms with Crippen LogP contribution in [0.5, 0.6) is 5.75 Å². The molecule has 0 spiro atoms. The summed E-state index contributed by atoms with van der Waals surface area (Å²) in [6, 6.07) is 22.7. The molecule has 2 amide bonds. The second-order valence-electron chi connectivity index (χ2n) is 8.48. The molecule has 0 bridgehead atoms. The molecular formula is C28H25FN4O3. The van der Waals surface area contributed by atoms with E-state index < -0.39 is 6.04 Å². The quantitative estimate of drug-likeness (QED) is 0.368. The first-order valence-corrected chi connectivity index (χ1v) is 11.6. The maximum atomic E-state index is 13.8. The molecule has 3 aromatic carbocycles. The Morgan fingerprint density at radius 1 is 1.06 bits per heavy atom. The molecule has 1 aromatic heterocycles. The van der Waals surface area contributed by atoms with Crippen molar-refractivity contribution in [2.24, 2.45) is 0 Å². The summed E-state index contributed by atoms with van der Waals surface area (Å²) in [6.45, 7) is 2.35. The molecule has 0 radical (unpaired) electrons. The first-order chi connectivity index (χ1) is 17.5. The molecule has 1 unspecified atom stereocenters. The molecular weight excluding hydrogens is 459 g/mol. The molecule has 36 heavy (non-hydrogen) atoms. The van der Waals surface area contributed by atoms with Gasteiger partial charge < -0.3 is 14.6 Å². The summed E-state index contributed by atoms with van der Waals surface area (Å²) in [6.07, 6.45) is 0.685. The molecule has 1 aliphatic heterocycles. The van der Waals surface area contributed by atoms with Crippen molar-refractivity contribution >= 4 is 11.6 Å². The highest BCUT2D eigenvalue weighted by atomic mass is 19.1. The Hall–Kier alpha value is -4.46. The van der Waals surface area contributed by atoms with E-state index in [1.807, 2.05) is 61.5 Å². The monoisotopic (exact) mass is 484 g/mol. The zero-order valence-corrected chi connectivity index (χ0v) is 19.9. The van der Waals surface area contributed by atoms with Crippen LogP contribution in [0.2, 0.25) is 0 Å². The molecule has 2 heterocycles. The maximum Gasteiger partial charge on any atom is 0.322 e. The highest BCUT2D eigenvalue weighted by molar-refractivity contribution is 5.87. The number of benzene rings is 3. The molecule has 4 aromatic rings. The van der Waals surface area contributed by atoms with Crippen molar-refractivity contribution in [3.8, 4) is 17.1 Å². The average Bonchev–Trinajstić information content (AvgIpc) is 3.39. The molecule has 5 rings (SSSR count). The van der Waals surface area contributed by atoms with Gasteiger partial charge in [0, 0.05) is 17.8 Å². The predicted octanol–water partition coefficient (Wildman–Crippen LogP) is 5.62. The van der Waals surface area contributed by atoms with E-state index in [0.29, 0.717) is 35.5 Å². The van der Waals surface area contributed by atoms with Gasteiger partial charge in [-0.2, -0.15) is 4.98 Å². The third kappa shape index (κ3) is 4.70. The standard InChI is InChI=1S/C28H25FN4O3/c1-18-24(27-31-26(32-36-27)21-9-6-10-22(29)17-21)25(20-11-13-23(35-2)14-12-20)30-28(34)33(18)16-15-19-7-4-3-5-8-19/h3-14,17,25H,15-16H2,1-2H3,(H,30,34). The zero-order chi connectivity index (χ0) is 25.1. The zero-order valence-electron chi connectivity index (χ0n) is 19.9. The first-order valence-electron chi connectivity index (χ1n) is 11.6. The van der Waals surface area contributed by atoms with E-state index in [0.717, 1.165) is 11.1 Å². The summed E-state index contributed by atoms with van der Waals surface area (Å²) in [4.78, 5) is 19.5. The fraction of sp³-hybridized carbons (Fsp3) is 0.179. The lowest BCUT2D eigenvalue weighted by molar-refractivity contribution is 0.205. The van der Waals surface area contributed by atoms with Crippen molar-refractivity contribution in [2.75, 3.05) is 13.7 Å². The number of carbonyl (C=O) groups excluding carboxylic acids is 1. The van der Waals surface area contributed by atoms with E-state index in [1.54, 1.807) is 24.1 Å². The van der Waals surface area contributed by atoms with Crippen molar-refractivity contribution in [3.63, 3.8) is 0 Å². The number of amides is 2. The number of allylic oxidation sites excluding steroid dienone is 1. The number of ether oxygens (including phenoxy) is 1. The number of urea groups is 1. The highest BCUT2D eigenvalue weighted by Crippen LogP contribution is 2.37. The van der Waals surface area contributed by atoms with Gasteiger partial charge in [-0.1, -0.05) is 59.8 Å². The number of halogens is 1. The van der Waals surface area contributed by atoms with Gasteiger partial charge in [-0.15, -0.1) is 0 Å². The van der Waals surface area contributed by atoms with Gasteiger partial charge in [0.15, 0.2) is 0 Å². The topological polar surface area (TPSA) is 80.5 Å². The van der Waals surface area contributed by atoms with E-state index in [1.165, 1.54) is 12.1 Å². The fourth-order valence-corrected chi connectivity index (χ4v) is 4.34. The van der Waals surface area contributed by atoms with E-state index in [4.69, 9.17) is 9.26 Å². The number of hydrogen-bond acceptors (Lipinski definition) is 5. The first kappa shape index (κ1) is 23.3. The second kappa shape index (κ2) is 10.0. The average molecular weight is 485 g/mol. The Labute approximate surface area is 208 Å². The van der Waals surface area contributed by atoms with Gasteiger partial charge in [0.25, 0.3) is 5.89 Å². The minimum absolute atomic E-state index is 0.210. The highest BCUT2D eigenvalue weighted by Gasteiger charge is 2.35. The van der Waals surface area contributed by atoms with Gasteiger partial charge in [0.1, 0.15) is 11.6 Å². The van der Waals surface area contributed by atoms with Crippen molar-refractivity contribution in [1.29, 1.82) is 0 Å². The lowest BCUT2D eigenvalue weighted by Gasteiger charge is -2.35. The third-order valence-electron chi connectivity index (χ3n) is 6.25. The van der Waals surface area contributed by atoms with Crippen LogP contribution < -0.4 is 10.1 Å². The van der Waals surface area contributed by atoms with Crippen LogP contribution in [-0.2, 0) is 6.42 Å². The van der Waals surface area contributed by atoms with Crippen LogP contribution >= 0.6 is 0 Å². The Morgan fingerprint density at radius 3 is 2.56 bits per heavy atom. The Balaban J connectivity index is 1.54. The molecule has 1 N–H and O–H groups in total. The van der Waals surface area contributed by atoms with Crippen molar-refractivity contribution < 1.29 is 18.4 Å². The summed E-state index contributed by atoms with van der Waals surface area (Å²) in [5, 5.41) is 7.19. The Morgan fingerprint density at radius 2 is 1.83 bits per heavy atom. The number of carbonyl (C=O) groups is 1. The minimum Gasteiger partial charge on any atom is -0.497 e. The van der Waals surface area contributed by atoms with Crippen LogP contribution in [0.4, 0.5) is 9.18 Å². The largest absolute Gasteiger partial charge is 0.497 e. The molecule has 1 aliphatic rings. The fourth-order valence-electron chi connectivity index (χ4n) is 4.34. The molecule has 182 valence electrons. The summed E-state index contributed by atoms with van der Waals surface area (Å²) in [7, 11) is 1.60. The molecule has 7 nitrogen and oxygen atoms in total. The van der Waals surface area contributed by atoms with E-state index in [-0.39, 0.29) is 23.6 Å². The van der Waals surface area contributed by atoms with Gasteiger partial charge in [-0.3, -0.25) is 4.90 Å². The summed E-state index contributed by atoms with van der Waals surface area (Å²) in [5.74, 6) is 0.851. The van der Waals surface area contributed by atoms with Crippen molar-refractivity contribution in [1.82, 2.24) is 20.4 Å². The lowest BCUT2D eigenvalue weighted by atomic mass is 9.94. The number of nitrogens with one attached hydrogen (secondary N) is 1. The molecule has 1 atom stereocenters. The summed E-state index contributed by atoms with van der Waals surface area (Å²) in [5.41, 5.74) is 3.87. The van der Waals surface area contributed by atoms with E-state index >= 15 is 0 Å². The second-order valence-corrected chi connectivity index (χ2v) is 8.48. The normalized spacial score (nSPS) is 15.7. The van der Waals surface area contributed by atoms with E-state index in [9.17, 15) is 9.18 Å². The molecule has 0 saturated heterocycles. The van der Waals surface area contributed by atoms with Crippen molar-refractivity contribution in [3.05, 3.63) is 107 Å². The van der Waals surface area contributed by atoms with Gasteiger partial charge in [-0.05, 0) is 48.7 Å². The number of nitrogens with zero attached hydrogens (tertiary/aromatic N) is 3. The van der Waals surface area contributed by atoms with Crippen LogP contribution in [0, 0.1) is 5.82 Å². The van der Waals surface area contributed by atoms with Crippen LogP contribution in [0.3, 0.4) is 0 Å². The molecule has 8 heteroatoms. The van der Waals surface area contributed by atoms with Crippen LogP contribution in [0.25, 0.3) is 17.0 Å². The van der Waals surface area contributed by atoms with Gasteiger partial charge in [-0.25, -0.2) is 9.18 Å². The number of aromatic nitrogens is 2. The van der Waals surface area contributed by atoms with Gasteiger partial charge >= 0.3 is 6.03 Å². The smallest absolute Gasteiger partial charge is 0.322 e. The minimum atomic E-state index is -0.516. The number of hydrogen-bond donors (Lipinski definition) is 1. The van der Waals surface area contributed by atoms with Crippen LogP contribution in [0.1, 0.15) is 30.0 Å². The lowest BCUT2D eigenvalue weighted by Crippen LogP contribution is -2.46. The van der Waals surface area contributed by atoms with Crippen LogP contribution in [-0.4, -0.2) is 34.7 Å². The summed E-state index contributed by atoms with van der Waals surface area (Å²) >= 11 is 0. The predicted molar refractivity (Wildman–Crippen MR) is 133 cm³/mol. The van der Waals surface area contributed by atoms with Gasteiger partial charge in [0.05, 0.1) is 18.7 Å². The number of rotatable bonds is 7. The molecule has 0 aliphatic carbocycles. The molecule has 0 saturated carbocycles. The maximum absolute atomic E-state index is 13.8. The van der Waals surface area contributed by atoms with Gasteiger partial charge in [0.2, 0.25) is 5.82 Å². The number of methoxy groups -OCH3 is 1. The Kier molecular flexibility index (Phi) is 6.49. The molecule has 0 fully saturated rings. The van der Waals surface area contributed by atoms with Crippen molar-refractivity contribution in [2.45, 2.75) is 19.4 Å². The Bertz CT molecular complexity index is 1400. The van der Waals surface area contributed by atoms with Crippen LogP contribution in [0.15, 0.2) is 89.1 Å². The van der Waals surface area contributed by atoms with E-state index in [2.05, 4.69) is 15.5 Å². The third-order valence-corrected chi connectivity index (χ3v) is 6.25.